The number of alkyl carbamates (subject to hydrolysis) is 1. The first-order valence-electron chi connectivity index (χ1n) is 14.2. The lowest BCUT2D eigenvalue weighted by molar-refractivity contribution is -0.123. The van der Waals surface area contributed by atoms with Gasteiger partial charge in [-0.25, -0.2) is 4.79 Å². The van der Waals surface area contributed by atoms with Crippen LogP contribution in [0.25, 0.3) is 0 Å². The molecule has 4 aromatic carbocycles. The van der Waals surface area contributed by atoms with Gasteiger partial charge in [0.1, 0.15) is 18.4 Å². The molecular formula is C34H36N2O6S. The Morgan fingerprint density at radius 2 is 1.19 bits per heavy atom. The SMILES string of the molecule is O=C(N[C@@H](Cc1ccccc1)C(=O)N[C@@H](CCc1ccccc1)CCS(=O)(=O)Oc1ccccc1)OCc1ccccc1. The molecule has 43 heavy (non-hydrogen) atoms. The minimum absolute atomic E-state index is 0.0608. The van der Waals surface area contributed by atoms with Gasteiger partial charge in [0.2, 0.25) is 5.91 Å². The van der Waals surface area contributed by atoms with Gasteiger partial charge < -0.3 is 19.6 Å². The Morgan fingerprint density at radius 1 is 0.651 bits per heavy atom. The normalized spacial score (nSPS) is 12.5. The Labute approximate surface area is 253 Å². The molecule has 2 amide bonds. The minimum Gasteiger partial charge on any atom is -0.445 e. The van der Waals surface area contributed by atoms with E-state index in [0.717, 1.165) is 16.7 Å². The molecule has 0 aliphatic carbocycles. The van der Waals surface area contributed by atoms with Crippen LogP contribution in [0.3, 0.4) is 0 Å². The number of hydrogen-bond donors (Lipinski definition) is 2. The van der Waals surface area contributed by atoms with Crippen LogP contribution in [0.4, 0.5) is 4.79 Å². The molecule has 0 unspecified atom stereocenters. The smallest absolute Gasteiger partial charge is 0.408 e. The lowest BCUT2D eigenvalue weighted by Gasteiger charge is -2.24. The van der Waals surface area contributed by atoms with Gasteiger partial charge in [-0.15, -0.1) is 0 Å². The second-order valence-corrected chi connectivity index (χ2v) is 11.8. The number of carbonyl (C=O) groups is 2. The molecule has 0 fully saturated rings. The molecule has 0 radical (unpaired) electrons. The van der Waals surface area contributed by atoms with Crippen molar-refractivity contribution in [1.82, 2.24) is 10.6 Å². The fourth-order valence-corrected chi connectivity index (χ4v) is 5.55. The Bertz CT molecular complexity index is 1520. The first kappa shape index (κ1) is 31.3. The number of ether oxygens (including phenoxy) is 1. The fourth-order valence-electron chi connectivity index (χ4n) is 4.49. The topological polar surface area (TPSA) is 111 Å². The van der Waals surface area contributed by atoms with Crippen LogP contribution < -0.4 is 14.8 Å². The van der Waals surface area contributed by atoms with E-state index in [1.54, 1.807) is 30.3 Å². The van der Waals surface area contributed by atoms with Crippen molar-refractivity contribution in [2.45, 2.75) is 44.4 Å². The molecule has 0 aliphatic rings. The molecule has 0 saturated carbocycles. The summed E-state index contributed by atoms with van der Waals surface area (Å²) in [5, 5.41) is 5.70. The van der Waals surface area contributed by atoms with Crippen molar-refractivity contribution in [3.63, 3.8) is 0 Å². The molecule has 4 rings (SSSR count). The summed E-state index contributed by atoms with van der Waals surface area (Å²) in [4.78, 5) is 26.4. The van der Waals surface area contributed by atoms with E-state index in [2.05, 4.69) is 10.6 Å². The molecule has 0 aliphatic heterocycles. The van der Waals surface area contributed by atoms with Gasteiger partial charge in [-0.3, -0.25) is 4.79 Å². The highest BCUT2D eigenvalue weighted by molar-refractivity contribution is 7.87. The van der Waals surface area contributed by atoms with Gasteiger partial charge in [-0.2, -0.15) is 8.42 Å². The van der Waals surface area contributed by atoms with Crippen LogP contribution in [0.1, 0.15) is 29.5 Å². The summed E-state index contributed by atoms with van der Waals surface area (Å²) in [7, 11) is -3.91. The van der Waals surface area contributed by atoms with Crippen LogP contribution in [-0.2, 0) is 39.1 Å². The molecule has 2 atom stereocenters. The molecule has 0 saturated heterocycles. The molecular weight excluding hydrogens is 564 g/mol. The van der Waals surface area contributed by atoms with Gasteiger partial charge in [-0.1, -0.05) is 109 Å². The average Bonchev–Trinajstić information content (AvgIpc) is 3.03. The van der Waals surface area contributed by atoms with Crippen molar-refractivity contribution in [3.05, 3.63) is 138 Å². The van der Waals surface area contributed by atoms with E-state index < -0.39 is 34.2 Å². The maximum atomic E-state index is 13.6. The number of aryl methyl sites for hydroxylation is 1. The minimum atomic E-state index is -3.91. The predicted octanol–water partition coefficient (Wildman–Crippen LogP) is 5.44. The number of amides is 2. The Balaban J connectivity index is 1.44. The zero-order chi connectivity index (χ0) is 30.3. The first-order valence-corrected chi connectivity index (χ1v) is 15.8. The van der Waals surface area contributed by atoms with E-state index in [1.807, 2.05) is 91.0 Å². The standard InChI is InChI=1S/C34H36N2O6S/c37-33(32(25-28-15-7-2-8-16-28)36-34(38)41-26-29-17-9-3-10-18-29)35-30(22-21-27-13-5-1-6-14-27)23-24-43(39,40)42-31-19-11-4-12-20-31/h1-20,30,32H,21-26H2,(H,35,37)(H,36,38)/t30-,32-/m0/s1. The maximum absolute atomic E-state index is 13.6. The predicted molar refractivity (Wildman–Crippen MR) is 166 cm³/mol. The van der Waals surface area contributed by atoms with Crippen molar-refractivity contribution in [2.75, 3.05) is 5.75 Å². The number of nitrogens with one attached hydrogen (secondary N) is 2. The third-order valence-electron chi connectivity index (χ3n) is 6.76. The molecule has 0 bridgehead atoms. The second kappa shape index (κ2) is 16.1. The largest absolute Gasteiger partial charge is 0.445 e. The lowest BCUT2D eigenvalue weighted by atomic mass is 10.0. The number of benzene rings is 4. The maximum Gasteiger partial charge on any atom is 0.408 e. The Morgan fingerprint density at radius 3 is 1.79 bits per heavy atom. The van der Waals surface area contributed by atoms with Crippen molar-refractivity contribution in [3.8, 4) is 5.75 Å². The van der Waals surface area contributed by atoms with Gasteiger partial charge in [0.25, 0.3) is 0 Å². The van der Waals surface area contributed by atoms with Crippen molar-refractivity contribution < 1.29 is 26.9 Å². The van der Waals surface area contributed by atoms with Gasteiger partial charge in [0.15, 0.2) is 0 Å². The van der Waals surface area contributed by atoms with E-state index in [9.17, 15) is 18.0 Å². The first-order chi connectivity index (χ1) is 20.9. The van der Waals surface area contributed by atoms with Crippen LogP contribution in [-0.4, -0.2) is 38.3 Å². The van der Waals surface area contributed by atoms with Crippen molar-refractivity contribution in [1.29, 1.82) is 0 Å². The lowest BCUT2D eigenvalue weighted by Crippen LogP contribution is -2.51. The van der Waals surface area contributed by atoms with Crippen LogP contribution >= 0.6 is 0 Å². The average molecular weight is 601 g/mol. The van der Waals surface area contributed by atoms with Crippen molar-refractivity contribution >= 4 is 22.1 Å². The molecule has 2 N–H and O–H groups in total. The summed E-state index contributed by atoms with van der Waals surface area (Å²) in [5.41, 5.74) is 2.74. The summed E-state index contributed by atoms with van der Waals surface area (Å²) >= 11 is 0. The monoisotopic (exact) mass is 600 g/mol. The molecule has 0 aromatic heterocycles. The van der Waals surface area contributed by atoms with E-state index in [4.69, 9.17) is 8.92 Å². The highest BCUT2D eigenvalue weighted by Crippen LogP contribution is 2.15. The molecule has 0 spiro atoms. The highest BCUT2D eigenvalue weighted by atomic mass is 32.2. The van der Waals surface area contributed by atoms with Crippen LogP contribution in [0, 0.1) is 0 Å². The molecule has 8 nitrogen and oxygen atoms in total. The van der Waals surface area contributed by atoms with E-state index >= 15 is 0 Å². The Kier molecular flexibility index (Phi) is 11.7. The third-order valence-corrected chi connectivity index (χ3v) is 7.94. The summed E-state index contributed by atoms with van der Waals surface area (Å²) < 4.78 is 36.2. The van der Waals surface area contributed by atoms with E-state index in [-0.39, 0.29) is 31.0 Å². The molecule has 9 heteroatoms. The second-order valence-electron chi connectivity index (χ2n) is 10.1. The van der Waals surface area contributed by atoms with Gasteiger partial charge in [-0.05, 0) is 48.1 Å². The van der Waals surface area contributed by atoms with E-state index in [0.29, 0.717) is 12.8 Å². The molecule has 0 heterocycles. The highest BCUT2D eigenvalue weighted by Gasteiger charge is 2.26. The van der Waals surface area contributed by atoms with Crippen molar-refractivity contribution in [2.24, 2.45) is 0 Å². The number of carbonyl (C=O) groups excluding carboxylic acids is 2. The summed E-state index contributed by atoms with van der Waals surface area (Å²) in [5.74, 6) is -0.495. The number of para-hydroxylation sites is 1. The van der Waals surface area contributed by atoms with E-state index in [1.165, 1.54) is 0 Å². The summed E-state index contributed by atoms with van der Waals surface area (Å²) in [6, 6.07) is 35.2. The Hall–Kier alpha value is -4.63. The van der Waals surface area contributed by atoms with Gasteiger partial charge >= 0.3 is 16.2 Å². The number of hydrogen-bond acceptors (Lipinski definition) is 6. The van der Waals surface area contributed by atoms with Gasteiger partial charge in [0.05, 0.1) is 5.75 Å². The zero-order valence-corrected chi connectivity index (χ0v) is 24.6. The molecule has 4 aromatic rings. The van der Waals surface area contributed by atoms with Crippen LogP contribution in [0.5, 0.6) is 5.75 Å². The quantitative estimate of drug-likeness (QED) is 0.176. The summed E-state index contributed by atoms with van der Waals surface area (Å²) in [6.45, 7) is 0.0608. The number of rotatable bonds is 15. The van der Waals surface area contributed by atoms with Crippen LogP contribution in [0.15, 0.2) is 121 Å². The van der Waals surface area contributed by atoms with Gasteiger partial charge in [0, 0.05) is 12.5 Å². The summed E-state index contributed by atoms with van der Waals surface area (Å²) in [6.07, 6.45) is 0.756. The van der Waals surface area contributed by atoms with Crippen LogP contribution in [0.2, 0.25) is 0 Å². The third kappa shape index (κ3) is 11.3. The molecule has 224 valence electrons. The fraction of sp³-hybridized carbons (Fsp3) is 0.235. The zero-order valence-electron chi connectivity index (χ0n) is 23.8.